The number of hydrogen-bond acceptors (Lipinski definition) is 2. The Labute approximate surface area is 94.5 Å². The van der Waals surface area contributed by atoms with Crippen molar-refractivity contribution in [2.45, 2.75) is 12.5 Å². The van der Waals surface area contributed by atoms with E-state index in [1.807, 2.05) is 30.9 Å². The molecule has 15 heavy (non-hydrogen) atoms. The van der Waals surface area contributed by atoms with Crippen molar-refractivity contribution in [3.8, 4) is 0 Å². The van der Waals surface area contributed by atoms with Crippen LogP contribution in [0.3, 0.4) is 0 Å². The molecule has 2 atom stereocenters. The van der Waals surface area contributed by atoms with Crippen molar-refractivity contribution in [2.75, 3.05) is 18.6 Å². The second-order valence-electron chi connectivity index (χ2n) is 3.91. The van der Waals surface area contributed by atoms with E-state index in [9.17, 15) is 4.39 Å². The van der Waals surface area contributed by atoms with Gasteiger partial charge in [0.2, 0.25) is 0 Å². The molecule has 3 heteroatoms. The zero-order chi connectivity index (χ0) is 10.7. The van der Waals surface area contributed by atoms with E-state index in [2.05, 4.69) is 5.32 Å². The molecular weight excluding hydrogens is 209 g/mol. The van der Waals surface area contributed by atoms with E-state index in [1.54, 1.807) is 12.1 Å². The molecule has 0 saturated carbocycles. The Balaban J connectivity index is 2.22. The lowest BCUT2D eigenvalue weighted by Gasteiger charge is -2.23. The molecule has 1 fully saturated rings. The largest absolute Gasteiger partial charge is 0.313 e. The first-order valence-electron chi connectivity index (χ1n) is 5.32. The molecule has 1 aliphatic rings. The van der Waals surface area contributed by atoms with Gasteiger partial charge in [-0.05, 0) is 37.0 Å². The van der Waals surface area contributed by atoms with Gasteiger partial charge in [0.25, 0.3) is 0 Å². The van der Waals surface area contributed by atoms with Gasteiger partial charge in [0.05, 0.1) is 0 Å². The van der Waals surface area contributed by atoms with Crippen molar-refractivity contribution < 1.29 is 4.39 Å². The van der Waals surface area contributed by atoms with E-state index in [4.69, 9.17) is 0 Å². The molecule has 0 bridgehead atoms. The van der Waals surface area contributed by atoms with E-state index in [-0.39, 0.29) is 11.9 Å². The summed E-state index contributed by atoms with van der Waals surface area (Å²) in [6.45, 7) is 0. The molecule has 0 amide bonds. The monoisotopic (exact) mass is 225 g/mol. The van der Waals surface area contributed by atoms with Crippen LogP contribution in [0, 0.1) is 11.7 Å². The second-order valence-corrected chi connectivity index (χ2v) is 5.06. The SMILES string of the molecule is CNC(c1ccccc1F)C1CCSC1. The van der Waals surface area contributed by atoms with Gasteiger partial charge in [0, 0.05) is 11.6 Å². The summed E-state index contributed by atoms with van der Waals surface area (Å²) >= 11 is 1.96. The van der Waals surface area contributed by atoms with Crippen molar-refractivity contribution in [3.05, 3.63) is 35.6 Å². The molecule has 82 valence electrons. The molecule has 0 aromatic heterocycles. The Kier molecular flexibility index (Phi) is 3.65. The van der Waals surface area contributed by atoms with E-state index >= 15 is 0 Å². The van der Waals surface area contributed by atoms with Gasteiger partial charge in [0.15, 0.2) is 0 Å². The third-order valence-electron chi connectivity index (χ3n) is 2.99. The molecule has 1 nitrogen and oxygen atoms in total. The van der Waals surface area contributed by atoms with Crippen molar-refractivity contribution >= 4 is 11.8 Å². The van der Waals surface area contributed by atoms with Gasteiger partial charge in [-0.2, -0.15) is 11.8 Å². The molecule has 1 heterocycles. The molecule has 0 aliphatic carbocycles. The van der Waals surface area contributed by atoms with Crippen LogP contribution in [0.1, 0.15) is 18.0 Å². The maximum absolute atomic E-state index is 13.6. The third-order valence-corrected chi connectivity index (χ3v) is 4.18. The molecule has 1 N–H and O–H groups in total. The maximum Gasteiger partial charge on any atom is 0.127 e. The van der Waals surface area contributed by atoms with Crippen LogP contribution >= 0.6 is 11.8 Å². The van der Waals surface area contributed by atoms with Crippen LogP contribution in [0.2, 0.25) is 0 Å². The standard InChI is InChI=1S/C12H16FNS/c1-14-12(9-6-7-15-8-9)10-4-2-3-5-11(10)13/h2-5,9,12,14H,6-8H2,1H3. The van der Waals surface area contributed by atoms with E-state index in [0.29, 0.717) is 5.92 Å². The summed E-state index contributed by atoms with van der Waals surface area (Å²) in [5.41, 5.74) is 0.813. The lowest BCUT2D eigenvalue weighted by atomic mass is 9.92. The highest BCUT2D eigenvalue weighted by atomic mass is 32.2. The number of thioether (sulfide) groups is 1. The van der Waals surface area contributed by atoms with Crippen LogP contribution in [-0.4, -0.2) is 18.6 Å². The van der Waals surface area contributed by atoms with Crippen molar-refractivity contribution in [1.29, 1.82) is 0 Å². The molecule has 1 saturated heterocycles. The molecule has 0 spiro atoms. The minimum absolute atomic E-state index is 0.0891. The van der Waals surface area contributed by atoms with E-state index in [1.165, 1.54) is 12.2 Å². The lowest BCUT2D eigenvalue weighted by Crippen LogP contribution is -2.26. The van der Waals surface area contributed by atoms with Gasteiger partial charge in [-0.3, -0.25) is 0 Å². The zero-order valence-corrected chi connectivity index (χ0v) is 9.69. The normalized spacial score (nSPS) is 22.9. The molecule has 1 aliphatic heterocycles. The molecule has 2 unspecified atom stereocenters. The number of benzene rings is 1. The van der Waals surface area contributed by atoms with Gasteiger partial charge in [-0.1, -0.05) is 18.2 Å². The Hall–Kier alpha value is -0.540. The topological polar surface area (TPSA) is 12.0 Å². The smallest absolute Gasteiger partial charge is 0.127 e. The summed E-state index contributed by atoms with van der Waals surface area (Å²) in [6.07, 6.45) is 1.19. The minimum atomic E-state index is -0.0891. The average Bonchev–Trinajstić information content (AvgIpc) is 2.75. The highest BCUT2D eigenvalue weighted by molar-refractivity contribution is 7.99. The molecule has 0 radical (unpaired) electrons. The Morgan fingerprint density at radius 1 is 1.47 bits per heavy atom. The molecule has 2 rings (SSSR count). The fraction of sp³-hybridized carbons (Fsp3) is 0.500. The Morgan fingerprint density at radius 2 is 2.27 bits per heavy atom. The molecular formula is C12H16FNS. The first-order chi connectivity index (χ1) is 7.33. The summed E-state index contributed by atoms with van der Waals surface area (Å²) in [5, 5.41) is 3.25. The van der Waals surface area contributed by atoms with Crippen LogP contribution in [0.4, 0.5) is 4.39 Å². The molecule has 1 aromatic carbocycles. The average molecular weight is 225 g/mol. The van der Waals surface area contributed by atoms with Crippen LogP contribution in [0.5, 0.6) is 0 Å². The van der Waals surface area contributed by atoms with Crippen molar-refractivity contribution in [3.63, 3.8) is 0 Å². The number of nitrogens with one attached hydrogen (secondary N) is 1. The van der Waals surface area contributed by atoms with Crippen LogP contribution < -0.4 is 5.32 Å². The van der Waals surface area contributed by atoms with Crippen molar-refractivity contribution in [1.82, 2.24) is 5.32 Å². The van der Waals surface area contributed by atoms with Gasteiger partial charge in [-0.15, -0.1) is 0 Å². The van der Waals surface area contributed by atoms with Gasteiger partial charge >= 0.3 is 0 Å². The van der Waals surface area contributed by atoms with Gasteiger partial charge in [-0.25, -0.2) is 4.39 Å². The van der Waals surface area contributed by atoms with Crippen LogP contribution in [-0.2, 0) is 0 Å². The van der Waals surface area contributed by atoms with E-state index < -0.39 is 0 Å². The number of rotatable bonds is 3. The summed E-state index contributed by atoms with van der Waals surface area (Å²) < 4.78 is 13.6. The number of halogens is 1. The van der Waals surface area contributed by atoms with Crippen LogP contribution in [0.25, 0.3) is 0 Å². The first kappa shape index (κ1) is 11.0. The maximum atomic E-state index is 13.6. The zero-order valence-electron chi connectivity index (χ0n) is 8.87. The molecule has 1 aromatic rings. The Bertz CT molecular complexity index is 323. The van der Waals surface area contributed by atoms with Crippen molar-refractivity contribution in [2.24, 2.45) is 5.92 Å². The van der Waals surface area contributed by atoms with E-state index in [0.717, 1.165) is 11.3 Å². The summed E-state index contributed by atoms with van der Waals surface area (Å²) in [4.78, 5) is 0. The fourth-order valence-corrected chi connectivity index (χ4v) is 3.49. The second kappa shape index (κ2) is 4.99. The van der Waals surface area contributed by atoms with Crippen LogP contribution in [0.15, 0.2) is 24.3 Å². The predicted molar refractivity (Wildman–Crippen MR) is 63.6 cm³/mol. The lowest BCUT2D eigenvalue weighted by molar-refractivity contribution is 0.404. The summed E-state index contributed by atoms with van der Waals surface area (Å²) in [7, 11) is 1.92. The highest BCUT2D eigenvalue weighted by Crippen LogP contribution is 2.34. The van der Waals surface area contributed by atoms with Gasteiger partial charge in [0.1, 0.15) is 5.82 Å². The minimum Gasteiger partial charge on any atom is -0.313 e. The quantitative estimate of drug-likeness (QED) is 0.849. The number of hydrogen-bond donors (Lipinski definition) is 1. The highest BCUT2D eigenvalue weighted by Gasteiger charge is 2.26. The fourth-order valence-electron chi connectivity index (χ4n) is 2.19. The summed E-state index contributed by atoms with van der Waals surface area (Å²) in [6, 6.07) is 7.25. The first-order valence-corrected chi connectivity index (χ1v) is 6.48. The third kappa shape index (κ3) is 2.34. The van der Waals surface area contributed by atoms with Gasteiger partial charge < -0.3 is 5.32 Å². The predicted octanol–water partition coefficient (Wildman–Crippen LogP) is 2.84. The summed E-state index contributed by atoms with van der Waals surface area (Å²) in [5.74, 6) is 2.82. The Morgan fingerprint density at radius 3 is 2.87 bits per heavy atom.